The van der Waals surface area contributed by atoms with Crippen molar-refractivity contribution in [1.29, 1.82) is 0 Å². The van der Waals surface area contributed by atoms with Crippen LogP contribution < -0.4 is 0 Å². The molecule has 1 heterocycles. The van der Waals surface area contributed by atoms with Crippen LogP contribution in [0.5, 0.6) is 0 Å². The van der Waals surface area contributed by atoms with Crippen LogP contribution in [0.15, 0.2) is 58.4 Å². The van der Waals surface area contributed by atoms with Crippen molar-refractivity contribution in [3.05, 3.63) is 65.5 Å². The number of halogens is 1. The smallest absolute Gasteiger partial charge is 0.123 e. The molecule has 3 rings (SSSR count). The molecular formula is C20H22FNS2. The Hall–Kier alpha value is -1.26. The number of rotatable bonds is 3. The van der Waals surface area contributed by atoms with Gasteiger partial charge in [0.15, 0.2) is 0 Å². The van der Waals surface area contributed by atoms with Crippen LogP contribution in [0.1, 0.15) is 31.9 Å². The standard InChI is InChI=1S/C20H22FNS2/c1-19(2,3)18-22-20(13-24-18,14-5-9-16(21)10-6-14)15-7-11-17(23-4)12-8-15/h5-12H,13H2,1-4H3. The van der Waals surface area contributed by atoms with Crippen molar-refractivity contribution in [3.63, 3.8) is 0 Å². The van der Waals surface area contributed by atoms with Gasteiger partial charge < -0.3 is 0 Å². The van der Waals surface area contributed by atoms with Gasteiger partial charge in [0, 0.05) is 16.1 Å². The fourth-order valence-corrected chi connectivity index (χ4v) is 4.65. The normalized spacial score (nSPS) is 21.0. The van der Waals surface area contributed by atoms with Gasteiger partial charge in [0.2, 0.25) is 0 Å². The Labute approximate surface area is 152 Å². The van der Waals surface area contributed by atoms with Gasteiger partial charge in [-0.2, -0.15) is 0 Å². The van der Waals surface area contributed by atoms with Crippen LogP contribution in [0.3, 0.4) is 0 Å². The summed E-state index contributed by atoms with van der Waals surface area (Å²) in [4.78, 5) is 6.40. The van der Waals surface area contributed by atoms with Gasteiger partial charge in [-0.3, -0.25) is 4.99 Å². The molecular weight excluding hydrogens is 337 g/mol. The Bertz CT molecular complexity index is 745. The molecule has 2 aromatic carbocycles. The lowest BCUT2D eigenvalue weighted by atomic mass is 9.84. The lowest BCUT2D eigenvalue weighted by molar-refractivity contribution is 0.573. The first-order valence-corrected chi connectivity index (χ1v) is 10.2. The van der Waals surface area contributed by atoms with Crippen molar-refractivity contribution < 1.29 is 4.39 Å². The highest BCUT2D eigenvalue weighted by Gasteiger charge is 2.41. The van der Waals surface area contributed by atoms with Crippen LogP contribution in [0.25, 0.3) is 0 Å². The van der Waals surface area contributed by atoms with E-state index < -0.39 is 5.54 Å². The highest BCUT2D eigenvalue weighted by molar-refractivity contribution is 8.14. The van der Waals surface area contributed by atoms with Gasteiger partial charge in [-0.1, -0.05) is 45.0 Å². The Morgan fingerprint density at radius 2 is 1.54 bits per heavy atom. The van der Waals surface area contributed by atoms with Gasteiger partial charge in [0.05, 0.1) is 5.04 Å². The molecule has 0 spiro atoms. The van der Waals surface area contributed by atoms with Crippen LogP contribution in [-0.4, -0.2) is 17.1 Å². The van der Waals surface area contributed by atoms with Crippen LogP contribution in [0.4, 0.5) is 4.39 Å². The molecule has 1 atom stereocenters. The maximum absolute atomic E-state index is 13.4. The van der Waals surface area contributed by atoms with Gasteiger partial charge >= 0.3 is 0 Å². The third kappa shape index (κ3) is 3.27. The molecule has 0 amide bonds. The summed E-state index contributed by atoms with van der Waals surface area (Å²) < 4.78 is 13.4. The molecule has 1 nitrogen and oxygen atoms in total. The Morgan fingerprint density at radius 1 is 1.00 bits per heavy atom. The van der Waals surface area contributed by atoms with Crippen LogP contribution in [0.2, 0.25) is 0 Å². The summed E-state index contributed by atoms with van der Waals surface area (Å²) in [5.74, 6) is 0.640. The maximum atomic E-state index is 13.4. The summed E-state index contributed by atoms with van der Waals surface area (Å²) in [7, 11) is 0. The summed E-state index contributed by atoms with van der Waals surface area (Å²) in [6.07, 6.45) is 2.08. The van der Waals surface area contributed by atoms with Gasteiger partial charge in [-0.05, 0) is 41.6 Å². The molecule has 0 saturated carbocycles. The average molecular weight is 360 g/mol. The molecule has 0 saturated heterocycles. The second-order valence-corrected chi connectivity index (χ2v) is 8.90. The highest BCUT2D eigenvalue weighted by Crippen LogP contribution is 2.46. The highest BCUT2D eigenvalue weighted by atomic mass is 32.2. The minimum absolute atomic E-state index is 0.0195. The lowest BCUT2D eigenvalue weighted by Gasteiger charge is -2.27. The second kappa shape index (κ2) is 6.57. The zero-order valence-electron chi connectivity index (χ0n) is 14.5. The Kier molecular flexibility index (Phi) is 4.80. The summed E-state index contributed by atoms with van der Waals surface area (Å²) in [5.41, 5.74) is 1.80. The van der Waals surface area contributed by atoms with Gasteiger partial charge in [0.1, 0.15) is 11.4 Å². The van der Waals surface area contributed by atoms with E-state index >= 15 is 0 Å². The van der Waals surface area contributed by atoms with Crippen molar-refractivity contribution in [3.8, 4) is 0 Å². The van der Waals surface area contributed by atoms with E-state index in [9.17, 15) is 4.39 Å². The monoisotopic (exact) mass is 359 g/mol. The molecule has 0 N–H and O–H groups in total. The van der Waals surface area contributed by atoms with Crippen LogP contribution in [-0.2, 0) is 5.54 Å². The third-order valence-corrected chi connectivity index (χ3v) is 6.52. The van der Waals surface area contributed by atoms with E-state index in [0.717, 1.165) is 16.4 Å². The first kappa shape index (κ1) is 17.6. The Balaban J connectivity index is 2.14. The third-order valence-electron chi connectivity index (χ3n) is 4.24. The van der Waals surface area contributed by atoms with E-state index in [1.54, 1.807) is 11.8 Å². The van der Waals surface area contributed by atoms with E-state index in [-0.39, 0.29) is 11.2 Å². The number of hydrogen-bond donors (Lipinski definition) is 0. The predicted octanol–water partition coefficient (Wildman–Crippen LogP) is 5.98. The molecule has 2 aromatic rings. The van der Waals surface area contributed by atoms with Crippen molar-refractivity contribution in [2.24, 2.45) is 10.4 Å². The van der Waals surface area contributed by atoms with E-state index in [0.29, 0.717) is 0 Å². The average Bonchev–Trinajstić information content (AvgIpc) is 3.02. The summed E-state index contributed by atoms with van der Waals surface area (Å²) >= 11 is 3.54. The molecule has 0 bridgehead atoms. The summed E-state index contributed by atoms with van der Waals surface area (Å²) in [5, 5.41) is 1.15. The zero-order valence-corrected chi connectivity index (χ0v) is 16.1. The predicted molar refractivity (Wildman–Crippen MR) is 105 cm³/mol. The van der Waals surface area contributed by atoms with Gasteiger partial charge in [-0.25, -0.2) is 4.39 Å². The number of aliphatic imine (C=N–C) groups is 1. The Morgan fingerprint density at radius 3 is 2.00 bits per heavy atom. The zero-order chi connectivity index (χ0) is 17.4. The second-order valence-electron chi connectivity index (χ2n) is 7.05. The topological polar surface area (TPSA) is 12.4 Å². The van der Waals surface area contributed by atoms with Crippen molar-refractivity contribution in [2.45, 2.75) is 31.2 Å². The van der Waals surface area contributed by atoms with Crippen molar-refractivity contribution in [2.75, 3.05) is 12.0 Å². The van der Waals surface area contributed by atoms with E-state index in [4.69, 9.17) is 4.99 Å². The van der Waals surface area contributed by atoms with E-state index in [2.05, 4.69) is 51.3 Å². The molecule has 0 fully saturated rings. The first-order chi connectivity index (χ1) is 11.3. The summed E-state index contributed by atoms with van der Waals surface area (Å²) in [6.45, 7) is 6.57. The van der Waals surface area contributed by atoms with E-state index in [1.165, 1.54) is 22.6 Å². The first-order valence-electron chi connectivity index (χ1n) is 7.99. The van der Waals surface area contributed by atoms with Crippen LogP contribution in [0, 0.1) is 11.2 Å². The quantitative estimate of drug-likeness (QED) is 0.625. The lowest BCUT2D eigenvalue weighted by Crippen LogP contribution is -2.26. The number of benzene rings is 2. The number of thioether (sulfide) groups is 2. The molecule has 0 radical (unpaired) electrons. The molecule has 1 aliphatic heterocycles. The van der Waals surface area contributed by atoms with Gasteiger partial charge in [-0.15, -0.1) is 23.5 Å². The summed E-state index contributed by atoms with van der Waals surface area (Å²) in [6, 6.07) is 15.4. The van der Waals surface area contributed by atoms with Crippen LogP contribution >= 0.6 is 23.5 Å². The largest absolute Gasteiger partial charge is 0.265 e. The fraction of sp³-hybridized carbons (Fsp3) is 0.350. The molecule has 4 heteroatoms. The van der Waals surface area contributed by atoms with Gasteiger partial charge in [0.25, 0.3) is 0 Å². The van der Waals surface area contributed by atoms with Crippen molar-refractivity contribution >= 4 is 28.6 Å². The SMILES string of the molecule is CSc1ccc(C2(c3ccc(F)cc3)CSC(C(C)(C)C)=N2)cc1. The molecule has 0 aliphatic carbocycles. The minimum atomic E-state index is -0.433. The molecule has 1 aliphatic rings. The minimum Gasteiger partial charge on any atom is -0.265 e. The van der Waals surface area contributed by atoms with E-state index in [1.807, 2.05) is 23.9 Å². The molecule has 126 valence electrons. The number of nitrogens with zero attached hydrogens (tertiary/aromatic N) is 1. The molecule has 0 aromatic heterocycles. The number of hydrogen-bond acceptors (Lipinski definition) is 3. The molecule has 24 heavy (non-hydrogen) atoms. The maximum Gasteiger partial charge on any atom is 0.123 e. The van der Waals surface area contributed by atoms with Crippen molar-refractivity contribution in [1.82, 2.24) is 0 Å². The fourth-order valence-electron chi connectivity index (χ4n) is 2.85. The molecule has 1 unspecified atom stereocenters.